The van der Waals surface area contributed by atoms with Crippen molar-refractivity contribution in [1.82, 2.24) is 15.5 Å². The largest absolute Gasteiger partial charge is 0.497 e. The Morgan fingerprint density at radius 3 is 2.89 bits per heavy atom. The molecular weight excluding hydrogens is 402 g/mol. The quantitative estimate of drug-likeness (QED) is 0.529. The molecule has 28 heavy (non-hydrogen) atoms. The van der Waals surface area contributed by atoms with Gasteiger partial charge in [-0.1, -0.05) is 47.6 Å². The average Bonchev–Trinajstić information content (AvgIpc) is 3.18. The molecule has 0 spiro atoms. The number of aromatic nitrogens is 2. The summed E-state index contributed by atoms with van der Waals surface area (Å²) in [6.07, 6.45) is 0. The number of nitrogens with zero attached hydrogens (tertiary/aromatic N) is 2. The van der Waals surface area contributed by atoms with Gasteiger partial charge in [0.15, 0.2) is 6.61 Å². The molecule has 9 heteroatoms. The van der Waals surface area contributed by atoms with E-state index in [0.717, 1.165) is 23.1 Å². The first-order chi connectivity index (χ1) is 13.6. The van der Waals surface area contributed by atoms with Gasteiger partial charge in [0, 0.05) is 6.54 Å². The molecule has 0 bridgehead atoms. The molecule has 0 atom stereocenters. The van der Waals surface area contributed by atoms with Crippen LogP contribution in [-0.2, 0) is 17.9 Å². The number of benzene rings is 2. The van der Waals surface area contributed by atoms with Gasteiger partial charge < -0.3 is 19.2 Å². The molecule has 3 aromatic rings. The SMILES string of the molecule is COc1cccc(CNC(=O)CSc2nnc(COc3ccccc3Cl)o2)c1. The van der Waals surface area contributed by atoms with Crippen LogP contribution in [0, 0.1) is 0 Å². The standard InChI is InChI=1S/C19H18ClN3O4S/c1-25-14-6-4-5-13(9-14)10-21-17(24)12-28-19-23-22-18(27-19)11-26-16-8-3-2-7-15(16)20/h2-9H,10-12H2,1H3,(H,21,24). The molecule has 1 N–H and O–H groups in total. The maximum atomic E-state index is 12.0. The molecule has 0 fully saturated rings. The first kappa shape index (κ1) is 20.0. The third-order valence-electron chi connectivity index (χ3n) is 3.59. The maximum absolute atomic E-state index is 12.0. The highest BCUT2D eigenvalue weighted by molar-refractivity contribution is 7.99. The highest BCUT2D eigenvalue weighted by Gasteiger charge is 2.11. The number of carbonyl (C=O) groups is 1. The van der Waals surface area contributed by atoms with Gasteiger partial charge in [-0.3, -0.25) is 4.79 Å². The third-order valence-corrected chi connectivity index (χ3v) is 4.72. The molecule has 0 unspecified atom stereocenters. The van der Waals surface area contributed by atoms with E-state index < -0.39 is 0 Å². The Hall–Kier alpha value is -2.71. The lowest BCUT2D eigenvalue weighted by atomic mass is 10.2. The van der Waals surface area contributed by atoms with E-state index in [1.54, 1.807) is 19.2 Å². The Morgan fingerprint density at radius 1 is 1.21 bits per heavy atom. The first-order valence-electron chi connectivity index (χ1n) is 8.36. The number of hydrogen-bond acceptors (Lipinski definition) is 7. The van der Waals surface area contributed by atoms with E-state index in [-0.39, 0.29) is 18.3 Å². The van der Waals surface area contributed by atoms with Gasteiger partial charge in [0.2, 0.25) is 5.91 Å². The van der Waals surface area contributed by atoms with Gasteiger partial charge in [-0.05, 0) is 29.8 Å². The van der Waals surface area contributed by atoms with Crippen molar-refractivity contribution < 1.29 is 18.7 Å². The molecule has 1 amide bonds. The number of methoxy groups -OCH3 is 1. The van der Waals surface area contributed by atoms with Gasteiger partial charge in [-0.2, -0.15) is 0 Å². The van der Waals surface area contributed by atoms with E-state index in [1.807, 2.05) is 36.4 Å². The summed E-state index contributed by atoms with van der Waals surface area (Å²) >= 11 is 7.18. The zero-order valence-corrected chi connectivity index (χ0v) is 16.6. The summed E-state index contributed by atoms with van der Waals surface area (Å²) in [4.78, 5) is 12.0. The Balaban J connectivity index is 1.42. The second-order valence-electron chi connectivity index (χ2n) is 5.60. The molecule has 2 aromatic carbocycles. The van der Waals surface area contributed by atoms with Crippen LogP contribution in [0.1, 0.15) is 11.5 Å². The number of amides is 1. The molecule has 1 aromatic heterocycles. The van der Waals surface area contributed by atoms with E-state index in [1.165, 1.54) is 0 Å². The minimum Gasteiger partial charge on any atom is -0.497 e. The number of hydrogen-bond donors (Lipinski definition) is 1. The van der Waals surface area contributed by atoms with Crippen molar-refractivity contribution in [1.29, 1.82) is 0 Å². The minimum absolute atomic E-state index is 0.0966. The lowest BCUT2D eigenvalue weighted by Crippen LogP contribution is -2.24. The van der Waals surface area contributed by atoms with E-state index >= 15 is 0 Å². The Morgan fingerprint density at radius 2 is 2.07 bits per heavy atom. The van der Waals surface area contributed by atoms with Crippen LogP contribution in [-0.4, -0.2) is 29.0 Å². The minimum atomic E-state index is -0.139. The number of rotatable bonds is 9. The maximum Gasteiger partial charge on any atom is 0.277 e. The zero-order chi connectivity index (χ0) is 19.8. The smallest absolute Gasteiger partial charge is 0.277 e. The number of ether oxygens (including phenoxy) is 2. The summed E-state index contributed by atoms with van der Waals surface area (Å²) in [5.41, 5.74) is 0.953. The highest BCUT2D eigenvalue weighted by atomic mass is 35.5. The second kappa shape index (κ2) is 10.0. The number of nitrogens with one attached hydrogen (secondary N) is 1. The van der Waals surface area contributed by atoms with Crippen molar-refractivity contribution in [3.63, 3.8) is 0 Å². The Kier molecular flexibility index (Phi) is 7.16. The van der Waals surface area contributed by atoms with Crippen molar-refractivity contribution >= 4 is 29.3 Å². The molecular formula is C19H18ClN3O4S. The van der Waals surface area contributed by atoms with Crippen LogP contribution in [0.4, 0.5) is 0 Å². The lowest BCUT2D eigenvalue weighted by molar-refractivity contribution is -0.118. The molecule has 146 valence electrons. The first-order valence-corrected chi connectivity index (χ1v) is 9.72. The van der Waals surface area contributed by atoms with Crippen LogP contribution < -0.4 is 14.8 Å². The fraction of sp³-hybridized carbons (Fsp3) is 0.211. The van der Waals surface area contributed by atoms with Crippen LogP contribution in [0.25, 0.3) is 0 Å². The topological polar surface area (TPSA) is 86.5 Å². The number of para-hydroxylation sites is 1. The Labute approximate surface area is 171 Å². The van der Waals surface area contributed by atoms with Crippen LogP contribution in [0.15, 0.2) is 58.2 Å². The molecule has 0 saturated carbocycles. The molecule has 0 aliphatic heterocycles. The van der Waals surface area contributed by atoms with Crippen molar-refractivity contribution in [2.24, 2.45) is 0 Å². The van der Waals surface area contributed by atoms with Crippen LogP contribution in [0.5, 0.6) is 11.5 Å². The molecule has 0 aliphatic carbocycles. The lowest BCUT2D eigenvalue weighted by Gasteiger charge is -2.06. The summed E-state index contributed by atoms with van der Waals surface area (Å²) in [5, 5.41) is 11.4. The van der Waals surface area contributed by atoms with Gasteiger partial charge in [-0.15, -0.1) is 10.2 Å². The molecule has 7 nitrogen and oxygen atoms in total. The number of thioether (sulfide) groups is 1. The summed E-state index contributed by atoms with van der Waals surface area (Å²) in [7, 11) is 1.60. The molecule has 3 rings (SSSR count). The fourth-order valence-electron chi connectivity index (χ4n) is 2.22. The highest BCUT2D eigenvalue weighted by Crippen LogP contribution is 2.24. The summed E-state index contributed by atoms with van der Waals surface area (Å²) < 4.78 is 16.2. The summed E-state index contributed by atoms with van der Waals surface area (Å²) in [5.74, 6) is 1.61. The van der Waals surface area contributed by atoms with Gasteiger partial charge >= 0.3 is 0 Å². The van der Waals surface area contributed by atoms with Gasteiger partial charge in [0.25, 0.3) is 11.1 Å². The van der Waals surface area contributed by atoms with Crippen LogP contribution in [0.3, 0.4) is 0 Å². The molecule has 1 heterocycles. The fourth-order valence-corrected chi connectivity index (χ4v) is 3.02. The molecule has 0 saturated heterocycles. The van der Waals surface area contributed by atoms with E-state index in [0.29, 0.717) is 28.4 Å². The number of halogens is 1. The Bertz CT molecular complexity index is 935. The predicted molar refractivity (Wildman–Crippen MR) is 106 cm³/mol. The van der Waals surface area contributed by atoms with Crippen molar-refractivity contribution in [2.45, 2.75) is 18.4 Å². The second-order valence-corrected chi connectivity index (χ2v) is 6.93. The van der Waals surface area contributed by atoms with Gasteiger partial charge in [-0.25, -0.2) is 0 Å². The van der Waals surface area contributed by atoms with Crippen LogP contribution >= 0.6 is 23.4 Å². The normalized spacial score (nSPS) is 10.5. The van der Waals surface area contributed by atoms with E-state index in [2.05, 4.69) is 15.5 Å². The van der Waals surface area contributed by atoms with E-state index in [4.69, 9.17) is 25.5 Å². The monoisotopic (exact) mass is 419 g/mol. The van der Waals surface area contributed by atoms with Crippen molar-refractivity contribution in [2.75, 3.05) is 12.9 Å². The number of carbonyl (C=O) groups excluding carboxylic acids is 1. The van der Waals surface area contributed by atoms with E-state index in [9.17, 15) is 4.79 Å². The molecule has 0 aliphatic rings. The van der Waals surface area contributed by atoms with Crippen molar-refractivity contribution in [3.8, 4) is 11.5 Å². The van der Waals surface area contributed by atoms with Gasteiger partial charge in [0.1, 0.15) is 11.5 Å². The zero-order valence-electron chi connectivity index (χ0n) is 15.1. The third kappa shape index (κ3) is 5.90. The summed E-state index contributed by atoms with van der Waals surface area (Å²) in [6, 6.07) is 14.6. The van der Waals surface area contributed by atoms with Crippen LogP contribution in [0.2, 0.25) is 5.02 Å². The van der Waals surface area contributed by atoms with Gasteiger partial charge in [0.05, 0.1) is 17.9 Å². The summed E-state index contributed by atoms with van der Waals surface area (Å²) in [6.45, 7) is 0.511. The predicted octanol–water partition coefficient (Wildman–Crippen LogP) is 3.72. The molecule has 0 radical (unpaired) electrons. The van der Waals surface area contributed by atoms with Crippen molar-refractivity contribution in [3.05, 3.63) is 65.0 Å². The average molecular weight is 420 g/mol.